The summed E-state index contributed by atoms with van der Waals surface area (Å²) in [4.78, 5) is 6.54. The molecule has 0 aromatic carbocycles. The van der Waals surface area contributed by atoms with Crippen LogP contribution in [0.1, 0.15) is 50.3 Å². The van der Waals surface area contributed by atoms with E-state index in [1.807, 2.05) is 6.92 Å². The fraction of sp³-hybridized carbons (Fsp3) is 0.800. The van der Waals surface area contributed by atoms with Gasteiger partial charge < -0.3 is 19.7 Å². The van der Waals surface area contributed by atoms with E-state index in [0.717, 1.165) is 45.4 Å². The number of nitrogens with zero attached hydrogens (tertiary/aromatic N) is 4. The Morgan fingerprint density at radius 1 is 1.30 bits per heavy atom. The SMILES string of the molecule is CCNC(=NCc1cn(C)nc1C(F)(F)F)N1CCC(OCC2CCCCO2)CC1. The summed E-state index contributed by atoms with van der Waals surface area (Å²) in [6.07, 6.45) is 2.39. The molecule has 0 bridgehead atoms. The highest BCUT2D eigenvalue weighted by atomic mass is 19.4. The third kappa shape index (κ3) is 6.34. The number of alkyl halides is 3. The molecular formula is C20H32F3N5O2. The van der Waals surface area contributed by atoms with E-state index in [1.165, 1.54) is 24.3 Å². The second-order valence-corrected chi connectivity index (χ2v) is 7.85. The molecule has 1 unspecified atom stereocenters. The molecule has 0 saturated carbocycles. The molecule has 3 rings (SSSR count). The molecule has 30 heavy (non-hydrogen) atoms. The smallest absolute Gasteiger partial charge is 0.376 e. The maximum Gasteiger partial charge on any atom is 0.435 e. The molecule has 2 aliphatic rings. The highest BCUT2D eigenvalue weighted by Gasteiger charge is 2.36. The van der Waals surface area contributed by atoms with Crippen LogP contribution in [0, 0.1) is 0 Å². The summed E-state index contributed by atoms with van der Waals surface area (Å²) in [5.41, 5.74) is -0.798. The van der Waals surface area contributed by atoms with Crippen LogP contribution in [-0.4, -0.2) is 65.7 Å². The number of hydrogen-bond acceptors (Lipinski definition) is 4. The van der Waals surface area contributed by atoms with E-state index in [4.69, 9.17) is 9.47 Å². The van der Waals surface area contributed by atoms with E-state index in [1.54, 1.807) is 0 Å². The number of aromatic nitrogens is 2. The van der Waals surface area contributed by atoms with Crippen molar-refractivity contribution >= 4 is 5.96 Å². The predicted molar refractivity (Wildman–Crippen MR) is 107 cm³/mol. The summed E-state index contributed by atoms with van der Waals surface area (Å²) in [5.74, 6) is 0.628. The van der Waals surface area contributed by atoms with Crippen LogP contribution in [0.2, 0.25) is 0 Å². The van der Waals surface area contributed by atoms with Crippen molar-refractivity contribution in [3.8, 4) is 0 Å². The van der Waals surface area contributed by atoms with Crippen LogP contribution < -0.4 is 5.32 Å². The van der Waals surface area contributed by atoms with Gasteiger partial charge >= 0.3 is 6.18 Å². The molecule has 7 nitrogen and oxygen atoms in total. The highest BCUT2D eigenvalue weighted by molar-refractivity contribution is 5.80. The molecule has 10 heteroatoms. The first-order valence-electron chi connectivity index (χ1n) is 10.7. The largest absolute Gasteiger partial charge is 0.435 e. The Balaban J connectivity index is 1.54. The van der Waals surface area contributed by atoms with Crippen molar-refractivity contribution < 1.29 is 22.6 Å². The minimum Gasteiger partial charge on any atom is -0.376 e. The second kappa shape index (κ2) is 10.5. The van der Waals surface area contributed by atoms with Crippen molar-refractivity contribution in [2.75, 3.05) is 32.8 Å². The van der Waals surface area contributed by atoms with E-state index >= 15 is 0 Å². The summed E-state index contributed by atoms with van der Waals surface area (Å²) in [6.45, 7) is 5.49. The van der Waals surface area contributed by atoms with Gasteiger partial charge in [-0.1, -0.05) is 0 Å². The van der Waals surface area contributed by atoms with Crippen LogP contribution in [0.5, 0.6) is 0 Å². The zero-order valence-corrected chi connectivity index (χ0v) is 17.7. The maximum atomic E-state index is 13.2. The molecule has 1 aromatic rings. The molecule has 0 spiro atoms. The number of aryl methyl sites for hydroxylation is 1. The standard InChI is InChI=1S/C20H32F3N5O2/c1-3-24-19(25-12-15-13-27(2)26-18(15)20(21,22)23)28-9-7-16(8-10-28)30-14-17-6-4-5-11-29-17/h13,16-17H,3-12,14H2,1-2H3,(H,24,25). The molecule has 0 amide bonds. The van der Waals surface area contributed by atoms with Crippen LogP contribution in [-0.2, 0) is 29.2 Å². The van der Waals surface area contributed by atoms with E-state index in [9.17, 15) is 13.2 Å². The van der Waals surface area contributed by atoms with E-state index in [2.05, 4.69) is 20.3 Å². The minimum absolute atomic E-state index is 0.0690. The van der Waals surface area contributed by atoms with E-state index in [0.29, 0.717) is 19.1 Å². The van der Waals surface area contributed by atoms with Crippen molar-refractivity contribution in [3.05, 3.63) is 17.5 Å². The summed E-state index contributed by atoms with van der Waals surface area (Å²) in [7, 11) is 1.48. The van der Waals surface area contributed by atoms with Crippen LogP contribution in [0.4, 0.5) is 13.2 Å². The Morgan fingerprint density at radius 2 is 2.07 bits per heavy atom. The Kier molecular flexibility index (Phi) is 7.99. The molecule has 1 N–H and O–H groups in total. The van der Waals surface area contributed by atoms with Crippen molar-refractivity contribution in [2.45, 2.75) is 64.0 Å². The van der Waals surface area contributed by atoms with E-state index < -0.39 is 11.9 Å². The van der Waals surface area contributed by atoms with Gasteiger partial charge in [0.15, 0.2) is 11.7 Å². The van der Waals surface area contributed by atoms with Crippen molar-refractivity contribution in [1.82, 2.24) is 20.0 Å². The van der Waals surface area contributed by atoms with Gasteiger partial charge in [-0.25, -0.2) is 4.99 Å². The molecule has 0 aliphatic carbocycles. The van der Waals surface area contributed by atoms with Crippen LogP contribution >= 0.6 is 0 Å². The molecule has 2 fully saturated rings. The first-order chi connectivity index (χ1) is 14.4. The topological polar surface area (TPSA) is 63.9 Å². The number of ether oxygens (including phenoxy) is 2. The molecular weight excluding hydrogens is 399 g/mol. The van der Waals surface area contributed by atoms with Gasteiger partial charge in [0.2, 0.25) is 0 Å². The first-order valence-corrected chi connectivity index (χ1v) is 10.7. The normalized spacial score (nSPS) is 21.8. The number of hydrogen-bond donors (Lipinski definition) is 1. The minimum atomic E-state index is -4.48. The van der Waals surface area contributed by atoms with Crippen molar-refractivity contribution in [2.24, 2.45) is 12.0 Å². The van der Waals surface area contributed by atoms with Gasteiger partial charge in [-0.15, -0.1) is 0 Å². The zero-order chi connectivity index (χ0) is 21.6. The van der Waals surface area contributed by atoms with Crippen LogP contribution in [0.25, 0.3) is 0 Å². The van der Waals surface area contributed by atoms with Gasteiger partial charge in [-0.3, -0.25) is 4.68 Å². The average Bonchev–Trinajstić information content (AvgIpc) is 3.12. The highest BCUT2D eigenvalue weighted by Crippen LogP contribution is 2.31. The Labute approximate surface area is 175 Å². The lowest BCUT2D eigenvalue weighted by Gasteiger charge is -2.35. The molecule has 2 aliphatic heterocycles. The fourth-order valence-corrected chi connectivity index (χ4v) is 3.89. The quantitative estimate of drug-likeness (QED) is 0.554. The summed E-state index contributed by atoms with van der Waals surface area (Å²) < 4.78 is 52.4. The number of nitrogens with one attached hydrogen (secondary N) is 1. The lowest BCUT2D eigenvalue weighted by molar-refractivity contribution is -0.142. The van der Waals surface area contributed by atoms with Gasteiger partial charge in [0, 0.05) is 45.0 Å². The zero-order valence-electron chi connectivity index (χ0n) is 17.7. The van der Waals surface area contributed by atoms with Gasteiger partial charge in [-0.2, -0.15) is 18.3 Å². The molecule has 1 atom stereocenters. The molecule has 1 aromatic heterocycles. The number of piperidine rings is 1. The third-order valence-electron chi connectivity index (χ3n) is 5.44. The molecule has 170 valence electrons. The van der Waals surface area contributed by atoms with Gasteiger partial charge in [-0.05, 0) is 39.0 Å². The van der Waals surface area contributed by atoms with Crippen molar-refractivity contribution in [3.63, 3.8) is 0 Å². The van der Waals surface area contributed by atoms with Gasteiger partial charge in [0.25, 0.3) is 0 Å². The summed E-state index contributed by atoms with van der Waals surface area (Å²) in [6, 6.07) is 0. The van der Waals surface area contributed by atoms with Gasteiger partial charge in [0.1, 0.15) is 0 Å². The lowest BCUT2D eigenvalue weighted by Crippen LogP contribution is -2.47. The van der Waals surface area contributed by atoms with Crippen LogP contribution in [0.15, 0.2) is 11.2 Å². The number of guanidine groups is 1. The monoisotopic (exact) mass is 431 g/mol. The Hall–Kier alpha value is -1.81. The van der Waals surface area contributed by atoms with Crippen LogP contribution in [0.3, 0.4) is 0 Å². The molecule has 2 saturated heterocycles. The summed E-state index contributed by atoms with van der Waals surface area (Å²) in [5, 5.41) is 6.74. The Morgan fingerprint density at radius 3 is 2.70 bits per heavy atom. The average molecular weight is 432 g/mol. The fourth-order valence-electron chi connectivity index (χ4n) is 3.89. The number of rotatable bonds is 6. The maximum absolute atomic E-state index is 13.2. The number of aliphatic imine (C=N–C) groups is 1. The van der Waals surface area contributed by atoms with Gasteiger partial charge in [0.05, 0.1) is 25.4 Å². The molecule has 3 heterocycles. The third-order valence-corrected chi connectivity index (χ3v) is 5.44. The second-order valence-electron chi connectivity index (χ2n) is 7.85. The van der Waals surface area contributed by atoms with E-state index in [-0.39, 0.29) is 24.3 Å². The summed E-state index contributed by atoms with van der Waals surface area (Å²) >= 11 is 0. The lowest BCUT2D eigenvalue weighted by atomic mass is 10.1. The molecule has 0 radical (unpaired) electrons. The number of likely N-dealkylation sites (tertiary alicyclic amines) is 1. The number of halogens is 3. The first kappa shape index (κ1) is 22.9. The Bertz CT molecular complexity index is 693. The predicted octanol–water partition coefficient (Wildman–Crippen LogP) is 2.95. The van der Waals surface area contributed by atoms with Crippen molar-refractivity contribution in [1.29, 1.82) is 0 Å².